The van der Waals surface area contributed by atoms with Gasteiger partial charge in [0.25, 0.3) is 0 Å². The van der Waals surface area contributed by atoms with Gasteiger partial charge in [0.1, 0.15) is 5.75 Å². The summed E-state index contributed by atoms with van der Waals surface area (Å²) in [6.07, 6.45) is 0. The van der Waals surface area contributed by atoms with Gasteiger partial charge in [-0.05, 0) is 24.3 Å². The van der Waals surface area contributed by atoms with Crippen molar-refractivity contribution in [2.24, 2.45) is 0 Å². The number of hydrogen-bond donors (Lipinski definition) is 2. The second-order valence-electron chi connectivity index (χ2n) is 5.30. The van der Waals surface area contributed by atoms with E-state index in [2.05, 4.69) is 14.9 Å². The quantitative estimate of drug-likeness (QED) is 0.646. The zero-order chi connectivity index (χ0) is 17.4. The summed E-state index contributed by atoms with van der Waals surface area (Å²) >= 11 is 0. The highest BCUT2D eigenvalue weighted by atomic mass is 32.2. The molecule has 1 amide bonds. The molecule has 0 bridgehead atoms. The molecule has 0 unspecified atom stereocenters. The third kappa shape index (κ3) is 5.75. The summed E-state index contributed by atoms with van der Waals surface area (Å²) in [7, 11) is -2.22. The number of hydrogen-bond acceptors (Lipinski definition) is 6. The lowest BCUT2D eigenvalue weighted by molar-refractivity contribution is -0.120. The SMILES string of the molecule is COc1ccc(S(=O)(=O)NCC(=O)NCCN2CCOCC2)cc1. The molecule has 0 saturated carbocycles. The largest absolute Gasteiger partial charge is 0.497 e. The number of carbonyl (C=O) groups excluding carboxylic acids is 1. The summed E-state index contributed by atoms with van der Waals surface area (Å²) in [4.78, 5) is 14.0. The summed E-state index contributed by atoms with van der Waals surface area (Å²) in [6, 6.07) is 5.96. The lowest BCUT2D eigenvalue weighted by atomic mass is 10.3. The fourth-order valence-corrected chi connectivity index (χ4v) is 3.22. The van der Waals surface area contributed by atoms with Crippen LogP contribution in [0.3, 0.4) is 0 Å². The minimum atomic E-state index is -3.72. The van der Waals surface area contributed by atoms with E-state index in [-0.39, 0.29) is 17.3 Å². The van der Waals surface area contributed by atoms with Gasteiger partial charge in [-0.2, -0.15) is 0 Å². The molecule has 24 heavy (non-hydrogen) atoms. The van der Waals surface area contributed by atoms with Gasteiger partial charge in [-0.25, -0.2) is 13.1 Å². The number of ether oxygens (including phenoxy) is 2. The predicted octanol–water partition coefficient (Wildman–Crippen LogP) is -0.578. The molecule has 9 heteroatoms. The first kappa shape index (κ1) is 18.7. The zero-order valence-electron chi connectivity index (χ0n) is 13.7. The van der Waals surface area contributed by atoms with Crippen LogP contribution in [-0.4, -0.2) is 72.3 Å². The van der Waals surface area contributed by atoms with Crippen LogP contribution in [0.15, 0.2) is 29.2 Å². The second kappa shape index (κ2) is 8.97. The van der Waals surface area contributed by atoms with Crippen LogP contribution in [-0.2, 0) is 19.6 Å². The Kier molecular flexibility index (Phi) is 6.98. The molecule has 1 heterocycles. The number of benzene rings is 1. The van der Waals surface area contributed by atoms with Crippen molar-refractivity contribution in [3.8, 4) is 5.75 Å². The van der Waals surface area contributed by atoms with Gasteiger partial charge in [-0.3, -0.25) is 9.69 Å². The Morgan fingerprint density at radius 1 is 1.25 bits per heavy atom. The van der Waals surface area contributed by atoms with E-state index < -0.39 is 10.0 Å². The third-order valence-corrected chi connectivity index (χ3v) is 5.06. The molecule has 0 aliphatic carbocycles. The molecule has 0 atom stereocenters. The van der Waals surface area contributed by atoms with Crippen molar-refractivity contribution >= 4 is 15.9 Å². The van der Waals surface area contributed by atoms with Crippen LogP contribution in [0.5, 0.6) is 5.75 Å². The standard InChI is InChI=1S/C15H23N3O5S/c1-22-13-2-4-14(5-3-13)24(20,21)17-12-15(19)16-6-7-18-8-10-23-11-9-18/h2-5,17H,6-12H2,1H3,(H,16,19). The molecular weight excluding hydrogens is 334 g/mol. The highest BCUT2D eigenvalue weighted by molar-refractivity contribution is 7.89. The molecule has 1 aliphatic rings. The molecule has 1 fully saturated rings. The first-order chi connectivity index (χ1) is 11.5. The van der Waals surface area contributed by atoms with Crippen molar-refractivity contribution in [3.05, 3.63) is 24.3 Å². The first-order valence-electron chi connectivity index (χ1n) is 7.72. The number of amides is 1. The molecule has 1 aliphatic heterocycles. The molecule has 1 saturated heterocycles. The molecular formula is C15H23N3O5S. The van der Waals surface area contributed by atoms with Gasteiger partial charge >= 0.3 is 0 Å². The van der Waals surface area contributed by atoms with E-state index in [0.717, 1.165) is 19.6 Å². The average molecular weight is 357 g/mol. The van der Waals surface area contributed by atoms with Crippen LogP contribution in [0, 0.1) is 0 Å². The predicted molar refractivity (Wildman–Crippen MR) is 88.5 cm³/mol. The number of morpholine rings is 1. The lowest BCUT2D eigenvalue weighted by Crippen LogP contribution is -2.43. The maximum absolute atomic E-state index is 12.1. The number of nitrogens with zero attached hydrogens (tertiary/aromatic N) is 1. The van der Waals surface area contributed by atoms with E-state index in [1.165, 1.54) is 19.2 Å². The number of sulfonamides is 1. The van der Waals surface area contributed by atoms with Crippen LogP contribution >= 0.6 is 0 Å². The first-order valence-corrected chi connectivity index (χ1v) is 9.20. The van der Waals surface area contributed by atoms with Crippen molar-refractivity contribution in [1.82, 2.24) is 14.9 Å². The smallest absolute Gasteiger partial charge is 0.241 e. The maximum Gasteiger partial charge on any atom is 0.241 e. The Morgan fingerprint density at radius 2 is 1.92 bits per heavy atom. The van der Waals surface area contributed by atoms with Gasteiger partial charge in [0.2, 0.25) is 15.9 Å². The number of carbonyl (C=O) groups is 1. The molecule has 2 N–H and O–H groups in total. The van der Waals surface area contributed by atoms with Crippen molar-refractivity contribution in [1.29, 1.82) is 0 Å². The van der Waals surface area contributed by atoms with Crippen molar-refractivity contribution in [2.75, 3.05) is 53.0 Å². The Labute approximate surface area is 142 Å². The number of rotatable bonds is 8. The van der Waals surface area contributed by atoms with Crippen molar-refractivity contribution in [3.63, 3.8) is 0 Å². The van der Waals surface area contributed by atoms with Gasteiger partial charge < -0.3 is 14.8 Å². The lowest BCUT2D eigenvalue weighted by Gasteiger charge is -2.26. The molecule has 0 spiro atoms. The molecule has 134 valence electrons. The van der Waals surface area contributed by atoms with E-state index in [1.54, 1.807) is 12.1 Å². The van der Waals surface area contributed by atoms with E-state index in [9.17, 15) is 13.2 Å². The Bertz CT molecular complexity index is 627. The van der Waals surface area contributed by atoms with E-state index in [4.69, 9.17) is 9.47 Å². The monoisotopic (exact) mass is 357 g/mol. The summed E-state index contributed by atoms with van der Waals surface area (Å²) < 4.78 is 36.7. The highest BCUT2D eigenvalue weighted by Gasteiger charge is 2.16. The van der Waals surface area contributed by atoms with E-state index >= 15 is 0 Å². The van der Waals surface area contributed by atoms with Gasteiger partial charge in [0.05, 0.1) is 31.8 Å². The summed E-state index contributed by atoms with van der Waals surface area (Å²) in [5.74, 6) is 0.204. The molecule has 0 radical (unpaired) electrons. The van der Waals surface area contributed by atoms with Gasteiger partial charge in [0.15, 0.2) is 0 Å². The molecule has 8 nitrogen and oxygen atoms in total. The highest BCUT2D eigenvalue weighted by Crippen LogP contribution is 2.14. The topological polar surface area (TPSA) is 97.0 Å². The molecule has 1 aromatic carbocycles. The van der Waals surface area contributed by atoms with Gasteiger partial charge in [-0.1, -0.05) is 0 Å². The Hall–Kier alpha value is -1.68. The van der Waals surface area contributed by atoms with Crippen LogP contribution in [0.1, 0.15) is 0 Å². The summed E-state index contributed by atoms with van der Waals surface area (Å²) in [6.45, 7) is 4.01. The molecule has 1 aromatic rings. The average Bonchev–Trinajstić information content (AvgIpc) is 2.61. The van der Waals surface area contributed by atoms with Gasteiger partial charge in [0, 0.05) is 26.2 Å². The Morgan fingerprint density at radius 3 is 2.54 bits per heavy atom. The minimum absolute atomic E-state index is 0.0874. The van der Waals surface area contributed by atoms with Crippen molar-refractivity contribution < 1.29 is 22.7 Å². The summed E-state index contributed by atoms with van der Waals surface area (Å²) in [5, 5.41) is 2.70. The number of methoxy groups -OCH3 is 1. The Balaban J connectivity index is 1.73. The molecule has 2 rings (SSSR count). The normalized spacial score (nSPS) is 15.9. The fourth-order valence-electron chi connectivity index (χ4n) is 2.24. The van der Waals surface area contributed by atoms with Gasteiger partial charge in [-0.15, -0.1) is 0 Å². The molecule has 0 aromatic heterocycles. The number of nitrogens with one attached hydrogen (secondary N) is 2. The van der Waals surface area contributed by atoms with Crippen LogP contribution in [0.25, 0.3) is 0 Å². The minimum Gasteiger partial charge on any atom is -0.497 e. The van der Waals surface area contributed by atoms with Crippen LogP contribution < -0.4 is 14.8 Å². The third-order valence-electron chi connectivity index (χ3n) is 3.65. The second-order valence-corrected chi connectivity index (χ2v) is 7.07. The van der Waals surface area contributed by atoms with Crippen LogP contribution in [0.4, 0.5) is 0 Å². The van der Waals surface area contributed by atoms with Crippen LogP contribution in [0.2, 0.25) is 0 Å². The fraction of sp³-hybridized carbons (Fsp3) is 0.533. The van der Waals surface area contributed by atoms with E-state index in [1.807, 2.05) is 0 Å². The maximum atomic E-state index is 12.1. The van der Waals surface area contributed by atoms with Crippen molar-refractivity contribution in [2.45, 2.75) is 4.90 Å². The summed E-state index contributed by atoms with van der Waals surface area (Å²) in [5.41, 5.74) is 0. The van der Waals surface area contributed by atoms with E-state index in [0.29, 0.717) is 25.5 Å². The zero-order valence-corrected chi connectivity index (χ0v) is 14.5.